The summed E-state index contributed by atoms with van der Waals surface area (Å²) in [6, 6.07) is 2.75. The molecule has 2 aromatic heterocycles. The molecule has 0 unspecified atom stereocenters. The van der Waals surface area contributed by atoms with E-state index in [9.17, 15) is 14.7 Å². The number of rotatable bonds is 9. The van der Waals surface area contributed by atoms with Crippen LogP contribution in [0.5, 0.6) is 0 Å². The van der Waals surface area contributed by atoms with Crippen LogP contribution < -0.4 is 10.2 Å². The molecular formula is C27H42N6O5SSi. The Hall–Kier alpha value is -2.61. The highest BCUT2D eigenvalue weighted by molar-refractivity contribution is 8.04. The summed E-state index contributed by atoms with van der Waals surface area (Å²) in [6.07, 6.45) is 4.58. The highest BCUT2D eigenvalue weighted by Crippen LogP contribution is 2.30. The van der Waals surface area contributed by atoms with Crippen molar-refractivity contribution in [2.24, 2.45) is 0 Å². The zero-order valence-corrected chi connectivity index (χ0v) is 26.2. The maximum atomic E-state index is 13.1. The Labute approximate surface area is 241 Å². The number of hydrogen-bond acceptors (Lipinski definition) is 9. The summed E-state index contributed by atoms with van der Waals surface area (Å²) < 4.78 is 13.4. The lowest BCUT2D eigenvalue weighted by molar-refractivity contribution is -0.117. The van der Waals surface area contributed by atoms with E-state index in [1.54, 1.807) is 27.1 Å². The maximum absolute atomic E-state index is 13.1. The van der Waals surface area contributed by atoms with Crippen LogP contribution in [0.15, 0.2) is 29.7 Å². The van der Waals surface area contributed by atoms with Crippen LogP contribution in [0.4, 0.5) is 10.6 Å². The molecule has 220 valence electrons. The van der Waals surface area contributed by atoms with Crippen molar-refractivity contribution in [3.63, 3.8) is 0 Å². The topological polar surface area (TPSA) is 122 Å². The van der Waals surface area contributed by atoms with E-state index >= 15 is 0 Å². The molecule has 0 aromatic carbocycles. The highest BCUT2D eigenvalue weighted by atomic mass is 32.2. The van der Waals surface area contributed by atoms with Crippen LogP contribution in [0.2, 0.25) is 25.7 Å². The van der Waals surface area contributed by atoms with E-state index in [0.29, 0.717) is 24.6 Å². The number of amides is 2. The fraction of sp³-hybridized carbons (Fsp3) is 0.630. The number of likely N-dealkylation sites (tertiary alicyclic amines) is 1. The Bertz CT molecular complexity index is 1240. The van der Waals surface area contributed by atoms with E-state index < -0.39 is 25.9 Å². The van der Waals surface area contributed by atoms with Crippen molar-refractivity contribution in [1.82, 2.24) is 24.8 Å². The van der Waals surface area contributed by atoms with E-state index in [-0.39, 0.29) is 25.0 Å². The predicted molar refractivity (Wildman–Crippen MR) is 160 cm³/mol. The fourth-order valence-corrected chi connectivity index (χ4v) is 6.25. The Morgan fingerprint density at radius 1 is 1.25 bits per heavy atom. The van der Waals surface area contributed by atoms with Gasteiger partial charge in [0.25, 0.3) is 5.91 Å². The zero-order valence-electron chi connectivity index (χ0n) is 24.3. The number of aromatic nitrogens is 3. The predicted octanol–water partition coefficient (Wildman–Crippen LogP) is 3.62. The first kappa shape index (κ1) is 30.3. The van der Waals surface area contributed by atoms with Gasteiger partial charge >= 0.3 is 6.09 Å². The number of hydrogen-bond donors (Lipinski definition) is 2. The van der Waals surface area contributed by atoms with Crippen LogP contribution in [0, 0.1) is 0 Å². The lowest BCUT2D eigenvalue weighted by atomic mass is 10.2. The number of nitrogens with one attached hydrogen (secondary N) is 1. The van der Waals surface area contributed by atoms with Crippen molar-refractivity contribution in [1.29, 1.82) is 0 Å². The standard InChI is InChI=1S/C27H42N6O5SSi/c1-27(2,3)38-26(36)33-15-20(34)13-19(33)14-28-25(35)22-16-31(9-11-39-22)23-21-7-8-32(24(21)30-17-29-23)18-37-10-12-40(4,5)6/h7-8,16-17,19-20,34H,9-15,18H2,1-6H3,(H,28,35)/t19-,20-/m1/s1. The third kappa shape index (κ3) is 7.99. The Kier molecular flexibility index (Phi) is 9.48. The van der Waals surface area contributed by atoms with E-state index in [0.717, 1.165) is 35.3 Å². The van der Waals surface area contributed by atoms with Gasteiger partial charge in [0.2, 0.25) is 0 Å². The average molecular weight is 591 g/mol. The number of β-amino-alcohol motifs (C(OH)–C–C–N with tert-alkyl or cyclic N) is 1. The van der Waals surface area contributed by atoms with Crippen molar-refractivity contribution in [3.05, 3.63) is 29.7 Å². The van der Waals surface area contributed by atoms with Crippen LogP contribution in [0.3, 0.4) is 0 Å². The smallest absolute Gasteiger partial charge is 0.410 e. The molecule has 0 saturated carbocycles. The van der Waals surface area contributed by atoms with Gasteiger partial charge in [0, 0.05) is 45.9 Å². The van der Waals surface area contributed by atoms with Crippen LogP contribution in [0.1, 0.15) is 27.2 Å². The molecule has 40 heavy (non-hydrogen) atoms. The fourth-order valence-electron chi connectivity index (χ4n) is 4.58. The molecule has 0 aliphatic carbocycles. The summed E-state index contributed by atoms with van der Waals surface area (Å²) in [5.41, 5.74) is 0.150. The van der Waals surface area contributed by atoms with E-state index in [1.807, 2.05) is 27.9 Å². The number of carbonyl (C=O) groups is 2. The van der Waals surface area contributed by atoms with Crippen molar-refractivity contribution in [3.8, 4) is 0 Å². The molecule has 11 nitrogen and oxygen atoms in total. The highest BCUT2D eigenvalue weighted by Gasteiger charge is 2.37. The zero-order chi connectivity index (χ0) is 29.1. The second-order valence-electron chi connectivity index (χ2n) is 12.5. The molecule has 0 bridgehead atoms. The number of anilines is 1. The molecule has 2 aliphatic rings. The Morgan fingerprint density at radius 2 is 2.02 bits per heavy atom. The van der Waals surface area contributed by atoms with Gasteiger partial charge in [0.05, 0.1) is 29.0 Å². The van der Waals surface area contributed by atoms with Gasteiger partial charge in [-0.2, -0.15) is 0 Å². The van der Waals surface area contributed by atoms with Crippen LogP contribution >= 0.6 is 11.8 Å². The molecule has 13 heteroatoms. The molecule has 1 fully saturated rings. The second-order valence-corrected chi connectivity index (χ2v) is 19.2. The first-order valence-electron chi connectivity index (χ1n) is 13.8. The van der Waals surface area contributed by atoms with Crippen molar-refractivity contribution in [2.45, 2.75) is 77.4 Å². The SMILES string of the molecule is CC(C)(C)OC(=O)N1C[C@H](O)C[C@@H]1CNC(=O)C1=CN(c2ncnc3c2ccn3COCC[Si](C)(C)C)CCS1. The normalized spacial score (nSPS) is 20.1. The molecular weight excluding hydrogens is 548 g/mol. The van der Waals surface area contributed by atoms with Gasteiger partial charge in [-0.3, -0.25) is 4.79 Å². The number of aliphatic hydroxyl groups excluding tert-OH is 1. The minimum atomic E-state index is -1.16. The average Bonchev–Trinajstić information content (AvgIpc) is 3.46. The minimum absolute atomic E-state index is 0.188. The van der Waals surface area contributed by atoms with Gasteiger partial charge in [0.15, 0.2) is 0 Å². The summed E-state index contributed by atoms with van der Waals surface area (Å²) in [5, 5.41) is 14.0. The number of nitrogens with zero attached hydrogens (tertiary/aromatic N) is 5. The molecule has 2 atom stereocenters. The van der Waals surface area contributed by atoms with E-state index in [1.165, 1.54) is 16.7 Å². The lowest BCUT2D eigenvalue weighted by Crippen LogP contribution is -2.45. The van der Waals surface area contributed by atoms with Crippen LogP contribution in [0.25, 0.3) is 11.0 Å². The van der Waals surface area contributed by atoms with Crippen molar-refractivity contribution >= 4 is 48.7 Å². The van der Waals surface area contributed by atoms with Gasteiger partial charge in [-0.1, -0.05) is 19.6 Å². The molecule has 2 N–H and O–H groups in total. The molecule has 1 saturated heterocycles. The van der Waals surface area contributed by atoms with Gasteiger partial charge in [0.1, 0.15) is 30.1 Å². The summed E-state index contributed by atoms with van der Waals surface area (Å²) >= 11 is 1.48. The molecule has 4 heterocycles. The Balaban J connectivity index is 1.40. The quantitative estimate of drug-likeness (QED) is 0.333. The van der Waals surface area contributed by atoms with Crippen molar-refractivity contribution in [2.75, 3.05) is 36.9 Å². The number of aliphatic hydroxyl groups is 1. The van der Waals surface area contributed by atoms with Crippen LogP contribution in [-0.4, -0.2) is 94.4 Å². The van der Waals surface area contributed by atoms with Crippen molar-refractivity contribution < 1.29 is 24.2 Å². The number of ether oxygens (including phenoxy) is 2. The molecule has 2 amide bonds. The Morgan fingerprint density at radius 3 is 2.75 bits per heavy atom. The third-order valence-corrected chi connectivity index (χ3v) is 9.33. The second kappa shape index (κ2) is 12.5. The van der Waals surface area contributed by atoms with Crippen LogP contribution in [-0.2, 0) is 21.0 Å². The largest absolute Gasteiger partial charge is 0.444 e. The number of carbonyl (C=O) groups excluding carboxylic acids is 2. The monoisotopic (exact) mass is 590 g/mol. The summed E-state index contributed by atoms with van der Waals surface area (Å²) in [7, 11) is -1.16. The lowest BCUT2D eigenvalue weighted by Gasteiger charge is -2.29. The van der Waals surface area contributed by atoms with Gasteiger partial charge < -0.3 is 34.3 Å². The molecule has 2 aliphatic heterocycles. The van der Waals surface area contributed by atoms with Gasteiger partial charge in [-0.15, -0.1) is 11.8 Å². The molecule has 0 spiro atoms. The van der Waals surface area contributed by atoms with E-state index in [4.69, 9.17) is 9.47 Å². The molecule has 0 radical (unpaired) electrons. The maximum Gasteiger partial charge on any atom is 0.410 e. The number of thioether (sulfide) groups is 1. The van der Waals surface area contributed by atoms with Gasteiger partial charge in [-0.05, 0) is 39.3 Å². The first-order valence-corrected chi connectivity index (χ1v) is 18.4. The first-order chi connectivity index (χ1) is 18.8. The summed E-state index contributed by atoms with van der Waals surface area (Å²) in [5.74, 6) is 1.24. The molecule has 2 aromatic rings. The number of fused-ring (bicyclic) bond motifs is 1. The summed E-state index contributed by atoms with van der Waals surface area (Å²) in [6.45, 7) is 14.7. The minimum Gasteiger partial charge on any atom is -0.444 e. The summed E-state index contributed by atoms with van der Waals surface area (Å²) in [4.78, 5) is 38.8. The molecule has 4 rings (SSSR count). The van der Waals surface area contributed by atoms with E-state index in [2.05, 4.69) is 34.9 Å². The van der Waals surface area contributed by atoms with Gasteiger partial charge in [-0.25, -0.2) is 14.8 Å². The third-order valence-electron chi connectivity index (χ3n) is 6.64.